The number of ether oxygens (including phenoxy) is 1. The Hall–Kier alpha value is -2.02. The lowest BCUT2D eigenvalue weighted by Gasteiger charge is -2.23. The smallest absolute Gasteiger partial charge is 0.408 e. The average Bonchev–Trinajstić information content (AvgIpc) is 2.85. The van der Waals surface area contributed by atoms with E-state index in [9.17, 15) is 9.59 Å². The van der Waals surface area contributed by atoms with Crippen LogP contribution in [0.2, 0.25) is 0 Å². The lowest BCUT2D eigenvalue weighted by molar-refractivity contribution is -0.123. The van der Waals surface area contributed by atoms with Crippen molar-refractivity contribution in [2.45, 2.75) is 39.0 Å². The van der Waals surface area contributed by atoms with Gasteiger partial charge in [0.1, 0.15) is 11.6 Å². The molecule has 21 heavy (non-hydrogen) atoms. The summed E-state index contributed by atoms with van der Waals surface area (Å²) in [7, 11) is 0. The lowest BCUT2D eigenvalue weighted by Crippen LogP contribution is -2.50. The second kappa shape index (κ2) is 7.68. The Morgan fingerprint density at radius 3 is 2.43 bits per heavy atom. The molecular formula is C14H24N4O3. The van der Waals surface area contributed by atoms with Gasteiger partial charge in [-0.1, -0.05) is 0 Å². The highest BCUT2D eigenvalue weighted by molar-refractivity contribution is 5.85. The van der Waals surface area contributed by atoms with Crippen molar-refractivity contribution in [2.75, 3.05) is 13.1 Å². The number of hydrogen-bond donors (Lipinski definition) is 3. The van der Waals surface area contributed by atoms with Crippen LogP contribution in [0.15, 0.2) is 24.5 Å². The van der Waals surface area contributed by atoms with E-state index in [0.717, 1.165) is 0 Å². The molecule has 0 radical (unpaired) electrons. The minimum atomic E-state index is -0.723. The van der Waals surface area contributed by atoms with Crippen molar-refractivity contribution in [2.24, 2.45) is 5.73 Å². The van der Waals surface area contributed by atoms with Crippen LogP contribution in [-0.4, -0.2) is 41.3 Å². The fourth-order valence-electron chi connectivity index (χ4n) is 1.67. The van der Waals surface area contributed by atoms with Gasteiger partial charge in [0.2, 0.25) is 5.91 Å². The number of nitrogens with two attached hydrogens (primary N) is 1. The molecular weight excluding hydrogens is 272 g/mol. The van der Waals surface area contributed by atoms with E-state index >= 15 is 0 Å². The summed E-state index contributed by atoms with van der Waals surface area (Å²) >= 11 is 0. The van der Waals surface area contributed by atoms with Gasteiger partial charge in [0, 0.05) is 25.5 Å². The molecule has 118 valence electrons. The topological polar surface area (TPSA) is 98.4 Å². The predicted molar refractivity (Wildman–Crippen MR) is 79.7 cm³/mol. The maximum absolute atomic E-state index is 12.1. The molecule has 1 atom stereocenters. The van der Waals surface area contributed by atoms with Crippen molar-refractivity contribution < 1.29 is 14.3 Å². The fraction of sp³-hybridized carbons (Fsp3) is 0.571. The molecule has 7 heteroatoms. The van der Waals surface area contributed by atoms with Gasteiger partial charge in [-0.25, -0.2) is 4.79 Å². The Balaban J connectivity index is 2.67. The van der Waals surface area contributed by atoms with Gasteiger partial charge < -0.3 is 25.7 Å². The minimum absolute atomic E-state index is 0.292. The molecule has 1 unspecified atom stereocenters. The first-order chi connectivity index (χ1) is 9.81. The van der Waals surface area contributed by atoms with Gasteiger partial charge in [-0.05, 0) is 32.9 Å². The number of carbonyl (C=O) groups excluding carboxylic acids is 2. The summed E-state index contributed by atoms with van der Waals surface area (Å²) in [6.45, 7) is 6.32. The zero-order valence-electron chi connectivity index (χ0n) is 12.8. The van der Waals surface area contributed by atoms with Crippen LogP contribution in [0.5, 0.6) is 0 Å². The molecule has 1 aromatic rings. The van der Waals surface area contributed by atoms with Crippen LogP contribution in [0.1, 0.15) is 20.8 Å². The summed E-state index contributed by atoms with van der Waals surface area (Å²) in [5.74, 6) is -0.292. The average molecular weight is 296 g/mol. The third-order valence-corrected chi connectivity index (χ3v) is 2.51. The molecule has 1 heterocycles. The summed E-state index contributed by atoms with van der Waals surface area (Å²) in [6.07, 6.45) is 3.02. The van der Waals surface area contributed by atoms with E-state index < -0.39 is 17.7 Å². The third-order valence-electron chi connectivity index (χ3n) is 2.51. The number of amides is 2. The zero-order chi connectivity index (χ0) is 15.9. The molecule has 0 aliphatic rings. The highest BCUT2D eigenvalue weighted by Gasteiger charge is 2.24. The number of aromatic nitrogens is 1. The van der Waals surface area contributed by atoms with Crippen molar-refractivity contribution in [1.29, 1.82) is 0 Å². The summed E-state index contributed by atoms with van der Waals surface area (Å²) in [5, 5.41) is 5.25. The van der Waals surface area contributed by atoms with Gasteiger partial charge in [-0.2, -0.15) is 0 Å². The quantitative estimate of drug-likeness (QED) is 0.710. The molecule has 0 aliphatic heterocycles. The fourth-order valence-corrected chi connectivity index (χ4v) is 1.67. The number of carbonyl (C=O) groups is 2. The van der Waals surface area contributed by atoms with Crippen LogP contribution in [0.25, 0.3) is 0 Å². The highest BCUT2D eigenvalue weighted by Crippen LogP contribution is 2.07. The normalized spacial score (nSPS) is 12.6. The van der Waals surface area contributed by atoms with Gasteiger partial charge >= 0.3 is 6.09 Å². The van der Waals surface area contributed by atoms with Crippen LogP contribution in [0.3, 0.4) is 0 Å². The summed E-state index contributed by atoms with van der Waals surface area (Å²) in [5.41, 5.74) is 4.75. The summed E-state index contributed by atoms with van der Waals surface area (Å²) in [6, 6.07) is 2.98. The number of hydrogen-bond acceptors (Lipinski definition) is 4. The van der Waals surface area contributed by atoms with Crippen molar-refractivity contribution >= 4 is 12.0 Å². The number of nitrogens with zero attached hydrogens (tertiary/aromatic N) is 1. The molecule has 0 spiro atoms. The number of rotatable bonds is 6. The minimum Gasteiger partial charge on any atom is -0.444 e. The largest absolute Gasteiger partial charge is 0.444 e. The molecule has 7 nitrogen and oxygen atoms in total. The van der Waals surface area contributed by atoms with Gasteiger partial charge in [-0.15, -0.1) is 0 Å². The van der Waals surface area contributed by atoms with Crippen molar-refractivity contribution in [3.63, 3.8) is 0 Å². The lowest BCUT2D eigenvalue weighted by atomic mass is 10.2. The van der Waals surface area contributed by atoms with Crippen LogP contribution in [-0.2, 0) is 16.1 Å². The zero-order valence-corrected chi connectivity index (χ0v) is 12.8. The number of alkyl carbamates (subject to hydrolysis) is 1. The molecule has 0 saturated heterocycles. The first kappa shape index (κ1) is 17.0. The summed E-state index contributed by atoms with van der Waals surface area (Å²) < 4.78 is 6.99. The van der Waals surface area contributed by atoms with Crippen molar-refractivity contribution in [3.05, 3.63) is 24.5 Å². The Bertz CT molecular complexity index is 451. The monoisotopic (exact) mass is 296 g/mol. The van der Waals surface area contributed by atoms with E-state index in [-0.39, 0.29) is 5.91 Å². The van der Waals surface area contributed by atoms with Gasteiger partial charge in [0.25, 0.3) is 0 Å². The summed E-state index contributed by atoms with van der Waals surface area (Å²) in [4.78, 5) is 23.9. The molecule has 1 aromatic heterocycles. The van der Waals surface area contributed by atoms with E-state index in [2.05, 4.69) is 10.6 Å². The highest BCUT2D eigenvalue weighted by atomic mass is 16.6. The van der Waals surface area contributed by atoms with E-state index in [1.54, 1.807) is 20.8 Å². The second-order valence-electron chi connectivity index (χ2n) is 5.66. The van der Waals surface area contributed by atoms with E-state index in [1.165, 1.54) is 0 Å². The number of nitrogens with one attached hydrogen (secondary N) is 2. The molecule has 0 fully saturated rings. The van der Waals surface area contributed by atoms with E-state index in [4.69, 9.17) is 10.5 Å². The Labute approximate surface area is 124 Å². The maximum Gasteiger partial charge on any atom is 0.408 e. The standard InChI is InChI=1S/C14H24N4O3/c1-14(2,3)21-13(20)17-11(12(19)16-7-6-15)10-18-8-4-5-9-18/h4-5,8-9,11H,6-7,10,15H2,1-3H3,(H,16,19)(H,17,20). The molecule has 0 aromatic carbocycles. The van der Waals surface area contributed by atoms with Gasteiger partial charge in [0.15, 0.2) is 0 Å². The first-order valence-corrected chi connectivity index (χ1v) is 6.90. The van der Waals surface area contributed by atoms with Gasteiger partial charge in [-0.3, -0.25) is 4.79 Å². The SMILES string of the molecule is CC(C)(C)OC(=O)NC(Cn1cccc1)C(=O)NCCN. The van der Waals surface area contributed by atoms with Gasteiger partial charge in [0.05, 0.1) is 6.54 Å². The van der Waals surface area contributed by atoms with Crippen molar-refractivity contribution in [3.8, 4) is 0 Å². The predicted octanol–water partition coefficient (Wildman–Crippen LogP) is 0.456. The molecule has 4 N–H and O–H groups in total. The Morgan fingerprint density at radius 2 is 1.90 bits per heavy atom. The molecule has 2 amide bonds. The molecule has 0 aliphatic carbocycles. The molecule has 0 bridgehead atoms. The van der Waals surface area contributed by atoms with E-state index in [1.807, 2.05) is 29.1 Å². The molecule has 0 saturated carbocycles. The maximum atomic E-state index is 12.1. The van der Waals surface area contributed by atoms with E-state index in [0.29, 0.717) is 19.6 Å². The first-order valence-electron chi connectivity index (χ1n) is 6.90. The van der Waals surface area contributed by atoms with Crippen LogP contribution >= 0.6 is 0 Å². The molecule has 1 rings (SSSR count). The van der Waals surface area contributed by atoms with Crippen molar-refractivity contribution in [1.82, 2.24) is 15.2 Å². The van der Waals surface area contributed by atoms with Crippen LogP contribution < -0.4 is 16.4 Å². The third kappa shape index (κ3) is 6.80. The second-order valence-corrected chi connectivity index (χ2v) is 5.66. The Morgan fingerprint density at radius 1 is 1.29 bits per heavy atom. The Kier molecular flexibility index (Phi) is 6.23. The van der Waals surface area contributed by atoms with Crippen LogP contribution in [0, 0.1) is 0 Å². The van der Waals surface area contributed by atoms with Crippen LogP contribution in [0.4, 0.5) is 4.79 Å².